The zero-order chi connectivity index (χ0) is 14.1. The molecule has 2 aromatic rings. The second-order valence-electron chi connectivity index (χ2n) is 4.99. The summed E-state index contributed by atoms with van der Waals surface area (Å²) in [5.41, 5.74) is 2.24. The third-order valence-corrected chi connectivity index (χ3v) is 3.94. The zero-order valence-electron chi connectivity index (χ0n) is 11.2. The molecule has 1 fully saturated rings. The average Bonchev–Trinajstić information content (AvgIpc) is 3.06. The number of fused-ring (bicyclic) bond motifs is 1. The first kappa shape index (κ1) is 13.4. The van der Waals surface area contributed by atoms with Crippen molar-refractivity contribution in [2.45, 2.75) is 18.9 Å². The van der Waals surface area contributed by atoms with Crippen LogP contribution in [0.2, 0.25) is 5.28 Å². The molecule has 0 spiro atoms. The minimum atomic E-state index is -0.0975. The number of ether oxygens (including phenoxy) is 1. The van der Waals surface area contributed by atoms with Crippen LogP contribution in [0.3, 0.4) is 0 Å². The normalized spacial score (nSPS) is 18.6. The van der Waals surface area contributed by atoms with Gasteiger partial charge in [-0.1, -0.05) is 0 Å². The van der Waals surface area contributed by atoms with E-state index in [4.69, 9.17) is 16.3 Å². The number of nitrogens with one attached hydrogen (secondary N) is 1. The van der Waals surface area contributed by atoms with E-state index in [1.807, 2.05) is 13.1 Å². The molecular weight excluding hydrogens is 278 g/mol. The van der Waals surface area contributed by atoms with Gasteiger partial charge in [-0.25, -0.2) is 4.98 Å². The molecule has 0 bridgehead atoms. The van der Waals surface area contributed by atoms with Crippen molar-refractivity contribution in [1.82, 2.24) is 14.9 Å². The molecule has 1 aromatic carbocycles. The number of carbonyl (C=O) groups is 1. The lowest BCUT2D eigenvalue weighted by molar-refractivity contribution is 0.0858. The maximum atomic E-state index is 12.1. The Balaban J connectivity index is 1.75. The Bertz CT molecular complexity index is 647. The second kappa shape index (κ2) is 5.42. The van der Waals surface area contributed by atoms with Gasteiger partial charge >= 0.3 is 0 Å². The van der Waals surface area contributed by atoms with Gasteiger partial charge in [0.2, 0.25) is 5.28 Å². The second-order valence-corrected chi connectivity index (χ2v) is 5.33. The Labute approximate surface area is 121 Å². The molecule has 1 aliphatic heterocycles. The van der Waals surface area contributed by atoms with Gasteiger partial charge in [-0.15, -0.1) is 0 Å². The van der Waals surface area contributed by atoms with Crippen LogP contribution in [0, 0.1) is 0 Å². The van der Waals surface area contributed by atoms with E-state index in [0.717, 1.165) is 30.5 Å². The summed E-state index contributed by atoms with van der Waals surface area (Å²) in [7, 11) is 1.83. The Kier molecular flexibility index (Phi) is 3.63. The number of aromatic nitrogens is 2. The van der Waals surface area contributed by atoms with Crippen molar-refractivity contribution in [1.29, 1.82) is 0 Å². The van der Waals surface area contributed by atoms with Crippen LogP contribution >= 0.6 is 11.6 Å². The highest BCUT2D eigenvalue weighted by Crippen LogP contribution is 2.19. The number of amides is 1. The standard InChI is InChI=1S/C14H16ClN3O2/c1-18-12-7-9(4-5-11(12)17-14(18)15)13(19)16-8-10-3-2-6-20-10/h4-5,7,10H,2-3,6,8H2,1H3,(H,16,19)/t10-/m0/s1. The molecule has 5 nitrogen and oxygen atoms in total. The lowest BCUT2D eigenvalue weighted by Gasteiger charge is -2.10. The van der Waals surface area contributed by atoms with Gasteiger partial charge in [0.1, 0.15) is 0 Å². The quantitative estimate of drug-likeness (QED) is 0.943. The fraction of sp³-hybridized carbons (Fsp3) is 0.429. The van der Waals surface area contributed by atoms with E-state index in [2.05, 4.69) is 10.3 Å². The van der Waals surface area contributed by atoms with E-state index in [9.17, 15) is 4.79 Å². The summed E-state index contributed by atoms with van der Waals surface area (Å²) in [6, 6.07) is 5.37. The first-order valence-electron chi connectivity index (χ1n) is 6.67. The van der Waals surface area contributed by atoms with Crippen LogP contribution < -0.4 is 5.32 Å². The summed E-state index contributed by atoms with van der Waals surface area (Å²) < 4.78 is 7.24. The first-order chi connectivity index (χ1) is 9.65. The van der Waals surface area contributed by atoms with Gasteiger partial charge < -0.3 is 14.6 Å². The number of hydrogen-bond acceptors (Lipinski definition) is 3. The molecule has 6 heteroatoms. The highest BCUT2D eigenvalue weighted by Gasteiger charge is 2.17. The van der Waals surface area contributed by atoms with E-state index >= 15 is 0 Å². The van der Waals surface area contributed by atoms with Crippen LogP contribution in [0.25, 0.3) is 11.0 Å². The lowest BCUT2D eigenvalue weighted by Crippen LogP contribution is -2.31. The Morgan fingerprint density at radius 1 is 1.60 bits per heavy atom. The molecule has 3 rings (SSSR count). The molecule has 1 N–H and O–H groups in total. The van der Waals surface area contributed by atoms with Crippen molar-refractivity contribution in [3.63, 3.8) is 0 Å². The van der Waals surface area contributed by atoms with Crippen LogP contribution in [0.5, 0.6) is 0 Å². The van der Waals surface area contributed by atoms with Gasteiger partial charge in [-0.05, 0) is 42.6 Å². The van der Waals surface area contributed by atoms with Crippen LogP contribution in [0.4, 0.5) is 0 Å². The van der Waals surface area contributed by atoms with Crippen LogP contribution in [-0.2, 0) is 11.8 Å². The molecule has 2 heterocycles. The Morgan fingerprint density at radius 2 is 2.45 bits per heavy atom. The minimum Gasteiger partial charge on any atom is -0.376 e. The van der Waals surface area contributed by atoms with E-state index in [1.165, 1.54) is 0 Å². The van der Waals surface area contributed by atoms with Crippen molar-refractivity contribution in [2.75, 3.05) is 13.2 Å². The highest BCUT2D eigenvalue weighted by molar-refractivity contribution is 6.29. The van der Waals surface area contributed by atoms with Crippen LogP contribution in [-0.4, -0.2) is 34.7 Å². The molecule has 106 valence electrons. The Hall–Kier alpha value is -1.59. The molecule has 0 aliphatic carbocycles. The minimum absolute atomic E-state index is 0.0975. The zero-order valence-corrected chi connectivity index (χ0v) is 12.0. The summed E-state index contributed by atoms with van der Waals surface area (Å²) in [6.07, 6.45) is 2.23. The van der Waals surface area contributed by atoms with Gasteiger partial charge in [0.25, 0.3) is 5.91 Å². The molecule has 1 amide bonds. The predicted octanol–water partition coefficient (Wildman–Crippen LogP) is 2.14. The molecular formula is C14H16ClN3O2. The number of hydrogen-bond donors (Lipinski definition) is 1. The van der Waals surface area contributed by atoms with E-state index in [0.29, 0.717) is 17.4 Å². The van der Waals surface area contributed by atoms with Crippen molar-refractivity contribution >= 4 is 28.5 Å². The molecule has 1 atom stereocenters. The maximum Gasteiger partial charge on any atom is 0.251 e. The number of benzene rings is 1. The maximum absolute atomic E-state index is 12.1. The Morgan fingerprint density at radius 3 is 3.20 bits per heavy atom. The van der Waals surface area contributed by atoms with E-state index < -0.39 is 0 Å². The fourth-order valence-corrected chi connectivity index (χ4v) is 2.60. The van der Waals surface area contributed by atoms with E-state index in [-0.39, 0.29) is 12.0 Å². The third-order valence-electron chi connectivity index (χ3n) is 3.60. The first-order valence-corrected chi connectivity index (χ1v) is 7.05. The van der Waals surface area contributed by atoms with Crippen LogP contribution in [0.15, 0.2) is 18.2 Å². The highest BCUT2D eigenvalue weighted by atomic mass is 35.5. The molecule has 1 aliphatic rings. The van der Waals surface area contributed by atoms with E-state index in [1.54, 1.807) is 16.7 Å². The summed E-state index contributed by atoms with van der Waals surface area (Å²) in [5, 5.41) is 3.32. The molecule has 1 saturated heterocycles. The van der Waals surface area contributed by atoms with Crippen LogP contribution in [0.1, 0.15) is 23.2 Å². The summed E-state index contributed by atoms with van der Waals surface area (Å²) >= 11 is 5.97. The number of carbonyl (C=O) groups excluding carboxylic acids is 1. The van der Waals surface area contributed by atoms with Crippen molar-refractivity contribution in [3.05, 3.63) is 29.0 Å². The van der Waals surface area contributed by atoms with Gasteiger partial charge in [0, 0.05) is 25.8 Å². The molecule has 0 saturated carbocycles. The summed E-state index contributed by atoms with van der Waals surface area (Å²) in [4.78, 5) is 16.3. The smallest absolute Gasteiger partial charge is 0.251 e. The van der Waals surface area contributed by atoms with Gasteiger partial charge in [0.05, 0.1) is 17.1 Å². The third kappa shape index (κ3) is 2.51. The largest absolute Gasteiger partial charge is 0.376 e. The fourth-order valence-electron chi connectivity index (χ4n) is 2.42. The van der Waals surface area contributed by atoms with Crippen molar-refractivity contribution < 1.29 is 9.53 Å². The van der Waals surface area contributed by atoms with Gasteiger partial charge in [0.15, 0.2) is 0 Å². The number of aryl methyl sites for hydroxylation is 1. The predicted molar refractivity (Wildman–Crippen MR) is 77.0 cm³/mol. The summed E-state index contributed by atoms with van der Waals surface area (Å²) in [5.74, 6) is -0.0975. The SMILES string of the molecule is Cn1c(Cl)nc2ccc(C(=O)NC[C@@H]3CCCO3)cc21. The lowest BCUT2D eigenvalue weighted by atomic mass is 10.1. The number of rotatable bonds is 3. The number of nitrogens with zero attached hydrogens (tertiary/aromatic N) is 2. The molecule has 0 radical (unpaired) electrons. The molecule has 20 heavy (non-hydrogen) atoms. The topological polar surface area (TPSA) is 56.2 Å². The monoisotopic (exact) mass is 293 g/mol. The average molecular weight is 294 g/mol. The number of halogens is 1. The number of imidazole rings is 1. The van der Waals surface area contributed by atoms with Crippen molar-refractivity contribution in [2.24, 2.45) is 7.05 Å². The molecule has 1 aromatic heterocycles. The van der Waals surface area contributed by atoms with Crippen molar-refractivity contribution in [3.8, 4) is 0 Å². The van der Waals surface area contributed by atoms with Gasteiger partial charge in [-0.2, -0.15) is 0 Å². The summed E-state index contributed by atoms with van der Waals surface area (Å²) in [6.45, 7) is 1.35. The molecule has 0 unspecified atom stereocenters. The van der Waals surface area contributed by atoms with Gasteiger partial charge in [-0.3, -0.25) is 4.79 Å².